The summed E-state index contributed by atoms with van der Waals surface area (Å²) in [5.74, 6) is -0.176. The molecule has 2 aromatic rings. The highest BCUT2D eigenvalue weighted by Crippen LogP contribution is 2.37. The van der Waals surface area contributed by atoms with Crippen molar-refractivity contribution in [3.8, 4) is 5.75 Å². The lowest BCUT2D eigenvalue weighted by atomic mass is 10.1. The molecule has 0 spiro atoms. The summed E-state index contributed by atoms with van der Waals surface area (Å²) in [6, 6.07) is 13.3. The maximum atomic E-state index is 12.9. The second kappa shape index (κ2) is 6.52. The van der Waals surface area contributed by atoms with Gasteiger partial charge in [-0.15, -0.1) is 0 Å². The van der Waals surface area contributed by atoms with Crippen molar-refractivity contribution in [3.63, 3.8) is 0 Å². The topological polar surface area (TPSA) is 35.2 Å². The first-order valence-corrected chi connectivity index (χ1v) is 6.60. The Hall–Kier alpha value is -2.17. The van der Waals surface area contributed by atoms with E-state index in [0.717, 1.165) is 18.1 Å². The van der Waals surface area contributed by atoms with Crippen LogP contribution in [0.2, 0.25) is 0 Å². The summed E-state index contributed by atoms with van der Waals surface area (Å²) in [5, 5.41) is 0. The Balaban J connectivity index is 1.94. The molecule has 2 nitrogen and oxygen atoms in total. The van der Waals surface area contributed by atoms with Crippen molar-refractivity contribution in [2.75, 3.05) is 12.3 Å². The van der Waals surface area contributed by atoms with E-state index in [4.69, 9.17) is 10.5 Å². The molecule has 0 aliphatic heterocycles. The predicted molar refractivity (Wildman–Crippen MR) is 76.1 cm³/mol. The SMILES string of the molecule is Nc1ccc(OCCCc2ccccc2)c(C(F)(F)F)c1. The number of nitrogens with two attached hydrogens (primary N) is 1. The fourth-order valence-corrected chi connectivity index (χ4v) is 2.00. The zero-order chi connectivity index (χ0) is 15.3. The molecule has 0 saturated carbocycles. The van der Waals surface area contributed by atoms with E-state index in [2.05, 4.69) is 0 Å². The number of aryl methyl sites for hydroxylation is 1. The van der Waals surface area contributed by atoms with E-state index in [1.807, 2.05) is 30.3 Å². The molecule has 0 fully saturated rings. The fraction of sp³-hybridized carbons (Fsp3) is 0.250. The van der Waals surface area contributed by atoms with E-state index < -0.39 is 11.7 Å². The summed E-state index contributed by atoms with van der Waals surface area (Å²) in [6.45, 7) is 0.224. The van der Waals surface area contributed by atoms with E-state index in [0.29, 0.717) is 6.42 Å². The van der Waals surface area contributed by atoms with Crippen LogP contribution in [-0.2, 0) is 12.6 Å². The van der Waals surface area contributed by atoms with Gasteiger partial charge in [-0.2, -0.15) is 13.2 Å². The van der Waals surface area contributed by atoms with E-state index in [-0.39, 0.29) is 18.0 Å². The molecule has 0 saturated heterocycles. The lowest BCUT2D eigenvalue weighted by Gasteiger charge is -2.14. The third-order valence-corrected chi connectivity index (χ3v) is 3.02. The number of alkyl halides is 3. The highest BCUT2D eigenvalue weighted by atomic mass is 19.4. The van der Waals surface area contributed by atoms with E-state index >= 15 is 0 Å². The third-order valence-electron chi connectivity index (χ3n) is 3.02. The number of hydrogen-bond donors (Lipinski definition) is 1. The van der Waals surface area contributed by atoms with Crippen LogP contribution in [0, 0.1) is 0 Å². The molecule has 0 aliphatic rings. The van der Waals surface area contributed by atoms with Gasteiger partial charge < -0.3 is 10.5 Å². The van der Waals surface area contributed by atoms with Crippen molar-refractivity contribution >= 4 is 5.69 Å². The molecule has 0 bridgehead atoms. The van der Waals surface area contributed by atoms with Crippen molar-refractivity contribution in [2.45, 2.75) is 19.0 Å². The van der Waals surface area contributed by atoms with Crippen molar-refractivity contribution in [2.24, 2.45) is 0 Å². The second-order valence-electron chi connectivity index (χ2n) is 4.69. The molecule has 0 amide bonds. The Morgan fingerprint density at radius 2 is 1.71 bits per heavy atom. The minimum Gasteiger partial charge on any atom is -0.493 e. The van der Waals surface area contributed by atoms with Crippen LogP contribution >= 0.6 is 0 Å². The minimum atomic E-state index is -4.47. The van der Waals surface area contributed by atoms with Crippen LogP contribution in [0.5, 0.6) is 5.75 Å². The average Bonchev–Trinajstić information content (AvgIpc) is 2.45. The Morgan fingerprint density at radius 3 is 2.38 bits per heavy atom. The fourth-order valence-electron chi connectivity index (χ4n) is 2.00. The summed E-state index contributed by atoms with van der Waals surface area (Å²) >= 11 is 0. The van der Waals surface area contributed by atoms with Gasteiger partial charge in [-0.05, 0) is 36.6 Å². The molecule has 112 valence electrons. The number of ether oxygens (including phenoxy) is 1. The van der Waals surface area contributed by atoms with E-state index in [9.17, 15) is 13.2 Å². The largest absolute Gasteiger partial charge is 0.493 e. The molecule has 0 unspecified atom stereocenters. The van der Waals surface area contributed by atoms with E-state index in [1.165, 1.54) is 12.1 Å². The van der Waals surface area contributed by atoms with Gasteiger partial charge in [0.2, 0.25) is 0 Å². The van der Waals surface area contributed by atoms with Gasteiger partial charge in [0.15, 0.2) is 0 Å². The van der Waals surface area contributed by atoms with Crippen molar-refractivity contribution in [1.82, 2.24) is 0 Å². The Bertz CT molecular complexity index is 582. The second-order valence-corrected chi connectivity index (χ2v) is 4.69. The van der Waals surface area contributed by atoms with Crippen molar-refractivity contribution in [3.05, 3.63) is 59.7 Å². The maximum absolute atomic E-state index is 12.9. The van der Waals surface area contributed by atoms with Crippen LogP contribution in [0.25, 0.3) is 0 Å². The molecule has 0 aliphatic carbocycles. The molecule has 0 aromatic heterocycles. The van der Waals surface area contributed by atoms with Crippen LogP contribution < -0.4 is 10.5 Å². The minimum absolute atomic E-state index is 0.0685. The van der Waals surface area contributed by atoms with Crippen LogP contribution in [0.4, 0.5) is 18.9 Å². The normalized spacial score (nSPS) is 11.4. The van der Waals surface area contributed by atoms with Crippen LogP contribution in [0.1, 0.15) is 17.5 Å². The average molecular weight is 295 g/mol. The first-order chi connectivity index (χ1) is 9.97. The quantitative estimate of drug-likeness (QED) is 0.659. The van der Waals surface area contributed by atoms with Crippen LogP contribution in [0.3, 0.4) is 0 Å². The molecule has 2 N–H and O–H groups in total. The summed E-state index contributed by atoms with van der Waals surface area (Å²) < 4.78 is 43.9. The predicted octanol–water partition coefficient (Wildman–Crippen LogP) is 4.30. The summed E-state index contributed by atoms with van der Waals surface area (Å²) in [7, 11) is 0. The summed E-state index contributed by atoms with van der Waals surface area (Å²) in [6.07, 6.45) is -3.06. The number of rotatable bonds is 5. The first-order valence-electron chi connectivity index (χ1n) is 6.60. The standard InChI is InChI=1S/C16H16F3NO/c17-16(18,19)14-11-13(20)8-9-15(14)21-10-4-7-12-5-2-1-3-6-12/h1-3,5-6,8-9,11H,4,7,10,20H2. The lowest BCUT2D eigenvalue weighted by Crippen LogP contribution is -2.10. The van der Waals surface area contributed by atoms with Crippen LogP contribution in [0.15, 0.2) is 48.5 Å². The first kappa shape index (κ1) is 15.2. The molecule has 0 radical (unpaired) electrons. The molecule has 0 heterocycles. The highest BCUT2D eigenvalue weighted by molar-refractivity contribution is 5.49. The molecule has 2 rings (SSSR count). The van der Waals surface area contributed by atoms with Gasteiger partial charge in [0.25, 0.3) is 0 Å². The van der Waals surface area contributed by atoms with Gasteiger partial charge in [0.05, 0.1) is 12.2 Å². The molecular formula is C16H16F3NO. The summed E-state index contributed by atoms with van der Waals surface area (Å²) in [4.78, 5) is 0. The lowest BCUT2D eigenvalue weighted by molar-refractivity contribution is -0.138. The van der Waals surface area contributed by atoms with Crippen molar-refractivity contribution in [1.29, 1.82) is 0 Å². The third kappa shape index (κ3) is 4.41. The van der Waals surface area contributed by atoms with E-state index in [1.54, 1.807) is 0 Å². The maximum Gasteiger partial charge on any atom is 0.420 e. The van der Waals surface area contributed by atoms with Crippen molar-refractivity contribution < 1.29 is 17.9 Å². The Morgan fingerprint density at radius 1 is 1.00 bits per heavy atom. The number of nitrogen functional groups attached to an aromatic ring is 1. The Labute approximate surface area is 121 Å². The zero-order valence-electron chi connectivity index (χ0n) is 11.4. The van der Waals surface area contributed by atoms with Gasteiger partial charge in [-0.25, -0.2) is 0 Å². The molecule has 2 aromatic carbocycles. The molecule has 5 heteroatoms. The number of anilines is 1. The highest BCUT2D eigenvalue weighted by Gasteiger charge is 2.34. The zero-order valence-corrected chi connectivity index (χ0v) is 11.4. The molecule has 21 heavy (non-hydrogen) atoms. The monoisotopic (exact) mass is 295 g/mol. The van der Waals surface area contributed by atoms with Crippen LogP contribution in [-0.4, -0.2) is 6.61 Å². The van der Waals surface area contributed by atoms with Gasteiger partial charge in [0, 0.05) is 5.69 Å². The number of hydrogen-bond acceptors (Lipinski definition) is 2. The van der Waals surface area contributed by atoms with Gasteiger partial charge in [-0.1, -0.05) is 30.3 Å². The number of halogens is 3. The number of benzene rings is 2. The smallest absolute Gasteiger partial charge is 0.420 e. The van der Waals surface area contributed by atoms with Gasteiger partial charge >= 0.3 is 6.18 Å². The summed E-state index contributed by atoms with van der Waals surface area (Å²) in [5.41, 5.74) is 5.77. The Kier molecular flexibility index (Phi) is 4.73. The molecular weight excluding hydrogens is 279 g/mol. The molecule has 0 atom stereocenters. The van der Waals surface area contributed by atoms with Gasteiger partial charge in [-0.3, -0.25) is 0 Å². The van der Waals surface area contributed by atoms with Gasteiger partial charge in [0.1, 0.15) is 5.75 Å².